The van der Waals surface area contributed by atoms with E-state index in [4.69, 9.17) is 32.2 Å². The van der Waals surface area contributed by atoms with E-state index in [1.54, 1.807) is 18.2 Å². The van der Waals surface area contributed by atoms with Crippen LogP contribution in [-0.2, 0) is 9.59 Å². The van der Waals surface area contributed by atoms with Gasteiger partial charge in [-0.2, -0.15) is 5.10 Å². The molecule has 2 aromatic rings. The zero-order valence-corrected chi connectivity index (χ0v) is 21.7. The summed E-state index contributed by atoms with van der Waals surface area (Å²) in [5.74, 6) is 3.05. The van der Waals surface area contributed by atoms with Crippen molar-refractivity contribution in [3.05, 3.63) is 52.5 Å². The Kier molecular flexibility index (Phi) is 11.6. The zero-order chi connectivity index (χ0) is 26.5. The summed E-state index contributed by atoms with van der Waals surface area (Å²) in [6.45, 7) is 7.87. The highest BCUT2D eigenvalue weighted by Gasteiger charge is 2.22. The fraction of sp³-hybridized carbons (Fsp3) is 0.370. The number of halogens is 1. The minimum atomic E-state index is -0.780. The number of nitrogens with one attached hydrogen (secondary N) is 2. The zero-order valence-electron chi connectivity index (χ0n) is 21.0. The molecule has 0 aromatic heterocycles. The standard InChI is InChI=1S/C27H32ClN3O5/c1-6-12-35-26-21(28)14-20(15-24(26)34-7-2)16-29-31-27(33)22(13-18(3)4)30-25(32)17-36-23-11-9-8-10-19(23)5/h1,8-11,14-16,18,22H,7,12-13,17H2,2-5H3,(H,30,32)(H,31,33)/b29-16-/t22-/m0/s1. The van der Waals surface area contributed by atoms with Crippen molar-refractivity contribution < 1.29 is 23.8 Å². The largest absolute Gasteiger partial charge is 0.490 e. The van der Waals surface area contributed by atoms with Crippen molar-refractivity contribution in [2.45, 2.75) is 40.2 Å². The topological polar surface area (TPSA) is 98.2 Å². The number of para-hydroxylation sites is 1. The van der Waals surface area contributed by atoms with E-state index in [2.05, 4.69) is 21.8 Å². The Morgan fingerprint density at radius 3 is 2.58 bits per heavy atom. The summed E-state index contributed by atoms with van der Waals surface area (Å²) >= 11 is 6.31. The molecule has 0 aliphatic rings. The third-order valence-electron chi connectivity index (χ3n) is 4.83. The van der Waals surface area contributed by atoms with Crippen molar-refractivity contribution in [3.8, 4) is 29.6 Å². The first-order chi connectivity index (χ1) is 17.2. The van der Waals surface area contributed by atoms with Crippen LogP contribution in [0.1, 0.15) is 38.3 Å². The molecule has 192 valence electrons. The first kappa shape index (κ1) is 28.5. The average Bonchev–Trinajstić information content (AvgIpc) is 2.82. The number of rotatable bonds is 13. The van der Waals surface area contributed by atoms with Gasteiger partial charge in [-0.3, -0.25) is 9.59 Å². The minimum absolute atomic E-state index is 0.0439. The van der Waals surface area contributed by atoms with E-state index in [1.807, 2.05) is 45.9 Å². The van der Waals surface area contributed by atoms with Crippen LogP contribution >= 0.6 is 11.6 Å². The van der Waals surface area contributed by atoms with Crippen LogP contribution in [0.3, 0.4) is 0 Å². The number of nitrogens with zero attached hydrogens (tertiary/aromatic N) is 1. The molecule has 0 saturated heterocycles. The van der Waals surface area contributed by atoms with E-state index < -0.39 is 17.9 Å². The number of benzene rings is 2. The van der Waals surface area contributed by atoms with Gasteiger partial charge >= 0.3 is 0 Å². The Bertz CT molecular complexity index is 1110. The maximum Gasteiger partial charge on any atom is 0.262 e. The molecule has 9 heteroatoms. The molecule has 0 saturated carbocycles. The van der Waals surface area contributed by atoms with Crippen molar-refractivity contribution in [1.29, 1.82) is 0 Å². The third kappa shape index (κ3) is 9.16. The number of hydrazone groups is 1. The summed E-state index contributed by atoms with van der Waals surface area (Å²) in [6, 6.07) is 9.90. The van der Waals surface area contributed by atoms with E-state index >= 15 is 0 Å². The van der Waals surface area contributed by atoms with Gasteiger partial charge in [0.15, 0.2) is 18.1 Å². The molecular weight excluding hydrogens is 482 g/mol. The number of carbonyl (C=O) groups excluding carboxylic acids is 2. The van der Waals surface area contributed by atoms with Crippen molar-refractivity contribution in [2.24, 2.45) is 11.0 Å². The molecule has 0 spiro atoms. The van der Waals surface area contributed by atoms with Crippen molar-refractivity contribution >= 4 is 29.6 Å². The van der Waals surface area contributed by atoms with E-state index in [0.717, 1.165) is 5.56 Å². The van der Waals surface area contributed by atoms with Crippen molar-refractivity contribution in [1.82, 2.24) is 10.7 Å². The van der Waals surface area contributed by atoms with Crippen LogP contribution in [0.15, 0.2) is 41.5 Å². The molecule has 2 amide bonds. The number of ether oxygens (including phenoxy) is 3. The smallest absolute Gasteiger partial charge is 0.262 e. The van der Waals surface area contributed by atoms with Gasteiger partial charge in [-0.25, -0.2) is 5.43 Å². The monoisotopic (exact) mass is 513 g/mol. The van der Waals surface area contributed by atoms with Gasteiger partial charge in [0.05, 0.1) is 17.8 Å². The maximum atomic E-state index is 12.8. The fourth-order valence-corrected chi connectivity index (χ4v) is 3.50. The molecule has 0 fully saturated rings. The number of aryl methyl sites for hydroxylation is 1. The maximum absolute atomic E-state index is 12.8. The predicted octanol–water partition coefficient (Wildman–Crippen LogP) is 4.12. The Hall–Kier alpha value is -3.70. The van der Waals surface area contributed by atoms with Gasteiger partial charge in [0, 0.05) is 0 Å². The van der Waals surface area contributed by atoms with E-state index in [-0.39, 0.29) is 19.1 Å². The molecule has 8 nitrogen and oxygen atoms in total. The molecule has 0 aliphatic carbocycles. The number of carbonyl (C=O) groups is 2. The highest BCUT2D eigenvalue weighted by Crippen LogP contribution is 2.36. The van der Waals surface area contributed by atoms with Gasteiger partial charge in [0.1, 0.15) is 18.4 Å². The summed E-state index contributed by atoms with van der Waals surface area (Å²) in [4.78, 5) is 25.2. The quantitative estimate of drug-likeness (QED) is 0.238. The normalized spacial score (nSPS) is 11.6. The lowest BCUT2D eigenvalue weighted by Crippen LogP contribution is -2.47. The van der Waals surface area contributed by atoms with Crippen LogP contribution in [0.5, 0.6) is 17.2 Å². The van der Waals surface area contributed by atoms with Crippen LogP contribution in [0, 0.1) is 25.2 Å². The molecule has 2 rings (SSSR count). The molecule has 0 unspecified atom stereocenters. The van der Waals surface area contributed by atoms with E-state index in [9.17, 15) is 9.59 Å². The lowest BCUT2D eigenvalue weighted by Gasteiger charge is -2.19. The van der Waals surface area contributed by atoms with Gasteiger partial charge < -0.3 is 19.5 Å². The van der Waals surface area contributed by atoms with Crippen LogP contribution in [0.2, 0.25) is 5.02 Å². The number of amides is 2. The van der Waals surface area contributed by atoms with Crippen LogP contribution in [0.25, 0.3) is 0 Å². The first-order valence-corrected chi connectivity index (χ1v) is 12.0. The van der Waals surface area contributed by atoms with E-state index in [0.29, 0.717) is 40.9 Å². The molecule has 0 radical (unpaired) electrons. The summed E-state index contributed by atoms with van der Waals surface area (Å²) in [5, 5.41) is 7.04. The second-order valence-corrected chi connectivity index (χ2v) is 8.70. The fourth-order valence-electron chi connectivity index (χ4n) is 3.23. The molecule has 0 heterocycles. The molecule has 1 atom stereocenters. The summed E-state index contributed by atoms with van der Waals surface area (Å²) < 4.78 is 16.6. The average molecular weight is 514 g/mol. The van der Waals surface area contributed by atoms with Crippen LogP contribution < -0.4 is 25.0 Å². The first-order valence-electron chi connectivity index (χ1n) is 11.6. The van der Waals surface area contributed by atoms with Crippen LogP contribution in [0.4, 0.5) is 0 Å². The van der Waals surface area contributed by atoms with Gasteiger partial charge in [-0.05, 0) is 55.5 Å². The predicted molar refractivity (Wildman–Crippen MR) is 141 cm³/mol. The summed E-state index contributed by atoms with van der Waals surface area (Å²) in [6.07, 6.45) is 7.11. The third-order valence-corrected chi connectivity index (χ3v) is 5.11. The summed E-state index contributed by atoms with van der Waals surface area (Å²) in [7, 11) is 0. The molecule has 2 N–H and O–H groups in total. The molecule has 0 bridgehead atoms. The molecule has 36 heavy (non-hydrogen) atoms. The van der Waals surface area contributed by atoms with E-state index in [1.165, 1.54) is 6.21 Å². The molecule has 2 aromatic carbocycles. The van der Waals surface area contributed by atoms with Gasteiger partial charge in [0.2, 0.25) is 0 Å². The number of terminal acetylenes is 1. The van der Waals surface area contributed by atoms with Gasteiger partial charge in [-0.1, -0.05) is 49.6 Å². The lowest BCUT2D eigenvalue weighted by molar-refractivity contribution is -0.130. The lowest BCUT2D eigenvalue weighted by atomic mass is 10.0. The Balaban J connectivity index is 2.03. The second-order valence-electron chi connectivity index (χ2n) is 8.29. The Morgan fingerprint density at radius 2 is 1.92 bits per heavy atom. The molecular formula is C27H32ClN3O5. The SMILES string of the molecule is C#CCOc1c(Cl)cc(/C=N\NC(=O)[C@H](CC(C)C)NC(=O)COc2ccccc2C)cc1OCC. The molecule has 0 aliphatic heterocycles. The minimum Gasteiger partial charge on any atom is -0.490 e. The van der Waals surface area contributed by atoms with Gasteiger partial charge in [-0.15, -0.1) is 6.42 Å². The van der Waals surface area contributed by atoms with Crippen LogP contribution in [-0.4, -0.2) is 43.9 Å². The second kappa shape index (κ2) is 14.6. The number of hydrogen-bond donors (Lipinski definition) is 2. The number of hydrogen-bond acceptors (Lipinski definition) is 6. The van der Waals surface area contributed by atoms with Crippen molar-refractivity contribution in [2.75, 3.05) is 19.8 Å². The highest BCUT2D eigenvalue weighted by atomic mass is 35.5. The van der Waals surface area contributed by atoms with Crippen molar-refractivity contribution in [3.63, 3.8) is 0 Å². The Labute approximate surface area is 217 Å². The Morgan fingerprint density at radius 1 is 1.17 bits per heavy atom. The van der Waals surface area contributed by atoms with Gasteiger partial charge in [0.25, 0.3) is 11.8 Å². The summed E-state index contributed by atoms with van der Waals surface area (Å²) in [5.41, 5.74) is 3.97. The highest BCUT2D eigenvalue weighted by molar-refractivity contribution is 6.32.